The Morgan fingerprint density at radius 1 is 1.44 bits per heavy atom. The normalized spacial score (nSPS) is 17.7. The van der Waals surface area contributed by atoms with Crippen molar-refractivity contribution in [1.82, 2.24) is 4.90 Å². The fourth-order valence-electron chi connectivity index (χ4n) is 2.55. The second-order valence-electron chi connectivity index (χ2n) is 5.10. The number of amides is 1. The van der Waals surface area contributed by atoms with Gasteiger partial charge in [-0.25, -0.2) is 0 Å². The van der Waals surface area contributed by atoms with E-state index in [0.29, 0.717) is 12.1 Å². The molecule has 1 saturated carbocycles. The van der Waals surface area contributed by atoms with Gasteiger partial charge in [0.2, 0.25) is 0 Å². The number of carbonyl (C=O) groups is 1. The van der Waals surface area contributed by atoms with E-state index < -0.39 is 5.60 Å². The Kier molecular flexibility index (Phi) is 4.07. The van der Waals surface area contributed by atoms with Crippen LogP contribution in [0.4, 0.5) is 0 Å². The Morgan fingerprint density at radius 3 is 2.72 bits per heavy atom. The number of aliphatic hydroxyl groups is 1. The van der Waals surface area contributed by atoms with Crippen LogP contribution in [0, 0.1) is 0 Å². The first-order valence-electron chi connectivity index (χ1n) is 6.24. The second-order valence-corrected chi connectivity index (χ2v) is 6.02. The van der Waals surface area contributed by atoms with Crippen molar-refractivity contribution in [2.45, 2.75) is 31.3 Å². The van der Waals surface area contributed by atoms with Crippen LogP contribution in [0.2, 0.25) is 0 Å². The number of hydrogen-bond acceptors (Lipinski definition) is 2. The van der Waals surface area contributed by atoms with E-state index >= 15 is 0 Å². The third-order valence-electron chi connectivity index (χ3n) is 3.48. The molecule has 0 atom stereocenters. The molecule has 1 aromatic carbocycles. The predicted octanol–water partition coefficient (Wildman–Crippen LogP) is 2.83. The van der Waals surface area contributed by atoms with Gasteiger partial charge in [-0.1, -0.05) is 34.8 Å². The highest BCUT2D eigenvalue weighted by atomic mass is 79.9. The summed E-state index contributed by atoms with van der Waals surface area (Å²) in [5.74, 6) is -0.0448. The van der Waals surface area contributed by atoms with Crippen LogP contribution in [-0.4, -0.2) is 35.1 Å². The SMILES string of the molecule is CN(CC1(O)CCCC1)C(=O)c1cccc(Br)c1. The first kappa shape index (κ1) is 13.6. The Bertz CT molecular complexity index is 441. The summed E-state index contributed by atoms with van der Waals surface area (Å²) in [6, 6.07) is 7.33. The van der Waals surface area contributed by atoms with E-state index in [0.717, 1.165) is 30.2 Å². The molecular weight excluding hydrogens is 294 g/mol. The van der Waals surface area contributed by atoms with Crippen LogP contribution in [0.15, 0.2) is 28.7 Å². The summed E-state index contributed by atoms with van der Waals surface area (Å²) < 4.78 is 0.890. The van der Waals surface area contributed by atoms with Crippen molar-refractivity contribution < 1.29 is 9.90 Å². The zero-order chi connectivity index (χ0) is 13.2. The molecule has 2 rings (SSSR count). The molecule has 0 aliphatic heterocycles. The maximum absolute atomic E-state index is 12.2. The number of nitrogens with zero attached hydrogens (tertiary/aromatic N) is 1. The first-order chi connectivity index (χ1) is 8.50. The Balaban J connectivity index is 2.04. The van der Waals surface area contributed by atoms with Crippen molar-refractivity contribution in [3.63, 3.8) is 0 Å². The van der Waals surface area contributed by atoms with E-state index in [1.54, 1.807) is 24.1 Å². The molecule has 1 fully saturated rings. The first-order valence-corrected chi connectivity index (χ1v) is 7.03. The topological polar surface area (TPSA) is 40.5 Å². The van der Waals surface area contributed by atoms with Gasteiger partial charge in [-0.15, -0.1) is 0 Å². The molecule has 18 heavy (non-hydrogen) atoms. The third-order valence-corrected chi connectivity index (χ3v) is 3.98. The molecule has 0 aromatic heterocycles. The minimum atomic E-state index is -0.684. The molecule has 0 unspecified atom stereocenters. The van der Waals surface area contributed by atoms with Gasteiger partial charge < -0.3 is 10.0 Å². The highest BCUT2D eigenvalue weighted by Crippen LogP contribution is 2.30. The standard InChI is InChI=1S/C14H18BrNO2/c1-16(10-14(18)7-2-3-8-14)13(17)11-5-4-6-12(15)9-11/h4-6,9,18H,2-3,7-8,10H2,1H3. The van der Waals surface area contributed by atoms with Crippen LogP contribution in [0.5, 0.6) is 0 Å². The lowest BCUT2D eigenvalue weighted by atomic mass is 10.0. The van der Waals surface area contributed by atoms with Gasteiger partial charge in [0.05, 0.1) is 5.60 Å². The van der Waals surface area contributed by atoms with E-state index in [4.69, 9.17) is 0 Å². The molecule has 1 N–H and O–H groups in total. The number of hydrogen-bond donors (Lipinski definition) is 1. The molecule has 1 amide bonds. The maximum atomic E-state index is 12.2. The van der Waals surface area contributed by atoms with E-state index in [-0.39, 0.29) is 5.91 Å². The molecule has 0 heterocycles. The molecule has 0 radical (unpaired) electrons. The maximum Gasteiger partial charge on any atom is 0.253 e. The third kappa shape index (κ3) is 3.12. The average molecular weight is 312 g/mol. The summed E-state index contributed by atoms with van der Waals surface area (Å²) in [6.07, 6.45) is 3.69. The monoisotopic (exact) mass is 311 g/mol. The lowest BCUT2D eigenvalue weighted by Gasteiger charge is -2.28. The Hall–Kier alpha value is -0.870. The number of rotatable bonds is 3. The number of likely N-dealkylation sites (N-methyl/N-ethyl adjacent to an activating group) is 1. The quantitative estimate of drug-likeness (QED) is 0.932. The summed E-state index contributed by atoms with van der Waals surface area (Å²) >= 11 is 3.36. The van der Waals surface area contributed by atoms with Crippen molar-refractivity contribution in [2.75, 3.05) is 13.6 Å². The second kappa shape index (κ2) is 5.41. The van der Waals surface area contributed by atoms with Crippen molar-refractivity contribution in [2.24, 2.45) is 0 Å². The van der Waals surface area contributed by atoms with Gasteiger partial charge in [-0.05, 0) is 31.0 Å². The van der Waals surface area contributed by atoms with Crippen molar-refractivity contribution >= 4 is 21.8 Å². The van der Waals surface area contributed by atoms with E-state index in [2.05, 4.69) is 15.9 Å². The summed E-state index contributed by atoms with van der Waals surface area (Å²) in [5, 5.41) is 10.3. The van der Waals surface area contributed by atoms with Gasteiger partial charge in [0.15, 0.2) is 0 Å². The van der Waals surface area contributed by atoms with Crippen molar-refractivity contribution in [1.29, 1.82) is 0 Å². The molecule has 1 aliphatic carbocycles. The van der Waals surface area contributed by atoms with Gasteiger partial charge in [0, 0.05) is 23.6 Å². The van der Waals surface area contributed by atoms with Crippen molar-refractivity contribution in [3.8, 4) is 0 Å². The summed E-state index contributed by atoms with van der Waals surface area (Å²) in [7, 11) is 1.75. The summed E-state index contributed by atoms with van der Waals surface area (Å²) in [4.78, 5) is 13.8. The lowest BCUT2D eigenvalue weighted by Crippen LogP contribution is -2.42. The predicted molar refractivity (Wildman–Crippen MR) is 74.5 cm³/mol. The van der Waals surface area contributed by atoms with Gasteiger partial charge >= 0.3 is 0 Å². The van der Waals surface area contributed by atoms with Crippen LogP contribution < -0.4 is 0 Å². The summed E-state index contributed by atoms with van der Waals surface area (Å²) in [5.41, 5.74) is -0.0374. The highest BCUT2D eigenvalue weighted by molar-refractivity contribution is 9.10. The number of halogens is 1. The fraction of sp³-hybridized carbons (Fsp3) is 0.500. The van der Waals surface area contributed by atoms with Gasteiger partial charge in [-0.2, -0.15) is 0 Å². The van der Waals surface area contributed by atoms with Crippen LogP contribution in [0.3, 0.4) is 0 Å². The van der Waals surface area contributed by atoms with E-state index in [1.807, 2.05) is 12.1 Å². The van der Waals surface area contributed by atoms with E-state index in [1.165, 1.54) is 0 Å². The Labute approximate surface area is 116 Å². The van der Waals surface area contributed by atoms with Crippen LogP contribution in [-0.2, 0) is 0 Å². The zero-order valence-corrected chi connectivity index (χ0v) is 12.1. The molecule has 1 aliphatic rings. The average Bonchev–Trinajstić information content (AvgIpc) is 2.74. The van der Waals surface area contributed by atoms with Crippen LogP contribution in [0.1, 0.15) is 36.0 Å². The van der Waals surface area contributed by atoms with Crippen LogP contribution >= 0.6 is 15.9 Å². The number of carbonyl (C=O) groups excluding carboxylic acids is 1. The van der Waals surface area contributed by atoms with Crippen molar-refractivity contribution in [3.05, 3.63) is 34.3 Å². The van der Waals surface area contributed by atoms with Crippen LogP contribution in [0.25, 0.3) is 0 Å². The molecule has 4 heteroatoms. The Morgan fingerprint density at radius 2 is 2.11 bits per heavy atom. The largest absolute Gasteiger partial charge is 0.388 e. The molecule has 0 spiro atoms. The molecule has 0 saturated heterocycles. The highest BCUT2D eigenvalue weighted by Gasteiger charge is 2.33. The van der Waals surface area contributed by atoms with Gasteiger partial charge in [0.25, 0.3) is 5.91 Å². The molecule has 1 aromatic rings. The fourth-order valence-corrected chi connectivity index (χ4v) is 2.95. The zero-order valence-electron chi connectivity index (χ0n) is 10.5. The lowest BCUT2D eigenvalue weighted by molar-refractivity contribution is 0.0157. The molecule has 98 valence electrons. The molecular formula is C14H18BrNO2. The van der Waals surface area contributed by atoms with Gasteiger partial charge in [0.1, 0.15) is 0 Å². The molecule has 3 nitrogen and oxygen atoms in total. The van der Waals surface area contributed by atoms with Gasteiger partial charge in [-0.3, -0.25) is 4.79 Å². The smallest absolute Gasteiger partial charge is 0.253 e. The van der Waals surface area contributed by atoms with E-state index in [9.17, 15) is 9.90 Å². The minimum absolute atomic E-state index is 0.0448. The summed E-state index contributed by atoms with van der Waals surface area (Å²) in [6.45, 7) is 0.415. The number of benzene rings is 1. The minimum Gasteiger partial charge on any atom is -0.388 e. The molecule has 0 bridgehead atoms.